The predicted octanol–water partition coefficient (Wildman–Crippen LogP) is 3.50. The zero-order valence-electron chi connectivity index (χ0n) is 19.4. The maximum atomic E-state index is 12.7. The maximum absolute atomic E-state index is 12.7. The lowest BCUT2D eigenvalue weighted by molar-refractivity contribution is -0.134. The Morgan fingerprint density at radius 2 is 1.41 bits per heavy atom. The van der Waals surface area contributed by atoms with E-state index in [-0.39, 0.29) is 30.6 Å². The van der Waals surface area contributed by atoms with Gasteiger partial charge in [-0.15, -0.1) is 0 Å². The lowest BCUT2D eigenvalue weighted by atomic mass is 9.93. The van der Waals surface area contributed by atoms with Gasteiger partial charge in [-0.05, 0) is 45.1 Å². The molecule has 8 nitrogen and oxygen atoms in total. The van der Waals surface area contributed by atoms with Gasteiger partial charge in [-0.1, -0.05) is 30.3 Å². The van der Waals surface area contributed by atoms with Crippen molar-refractivity contribution in [1.29, 1.82) is 0 Å². The SMILES string of the molecule is CC(C)(C)OC(=O)N1CCC(CC(=O)N2CCN(C(=O)OCc3ccccc3)CC2)CC1. The Bertz CT molecular complexity index is 777. The number of carbonyl (C=O) groups is 3. The van der Waals surface area contributed by atoms with Crippen molar-refractivity contribution in [3.05, 3.63) is 35.9 Å². The van der Waals surface area contributed by atoms with E-state index < -0.39 is 5.60 Å². The van der Waals surface area contributed by atoms with Gasteiger partial charge in [-0.3, -0.25) is 4.79 Å². The zero-order valence-corrected chi connectivity index (χ0v) is 19.4. The molecule has 0 spiro atoms. The van der Waals surface area contributed by atoms with Gasteiger partial charge in [-0.2, -0.15) is 0 Å². The summed E-state index contributed by atoms with van der Waals surface area (Å²) in [5.41, 5.74) is 0.451. The molecule has 0 atom stereocenters. The molecule has 2 aliphatic heterocycles. The maximum Gasteiger partial charge on any atom is 0.410 e. The molecule has 1 aromatic rings. The molecule has 32 heavy (non-hydrogen) atoms. The fourth-order valence-corrected chi connectivity index (χ4v) is 3.97. The Morgan fingerprint density at radius 1 is 0.844 bits per heavy atom. The molecule has 2 fully saturated rings. The average Bonchev–Trinajstić information content (AvgIpc) is 2.77. The number of benzene rings is 1. The second-order valence-corrected chi connectivity index (χ2v) is 9.52. The first-order valence-corrected chi connectivity index (χ1v) is 11.4. The predicted molar refractivity (Wildman–Crippen MR) is 120 cm³/mol. The van der Waals surface area contributed by atoms with E-state index >= 15 is 0 Å². The molecule has 0 aliphatic carbocycles. The van der Waals surface area contributed by atoms with Gasteiger partial charge in [0.1, 0.15) is 12.2 Å². The van der Waals surface area contributed by atoms with Crippen molar-refractivity contribution < 1.29 is 23.9 Å². The molecular formula is C24H35N3O5. The Kier molecular flexibility index (Phi) is 7.99. The number of rotatable bonds is 4. The molecule has 8 heteroatoms. The Labute approximate surface area is 190 Å². The van der Waals surface area contributed by atoms with Crippen molar-refractivity contribution in [2.45, 2.75) is 52.2 Å². The van der Waals surface area contributed by atoms with Crippen LogP contribution in [0, 0.1) is 5.92 Å². The van der Waals surface area contributed by atoms with E-state index in [1.165, 1.54) is 0 Å². The van der Waals surface area contributed by atoms with Crippen LogP contribution in [0.15, 0.2) is 30.3 Å². The first kappa shape index (κ1) is 23.9. The molecule has 0 aromatic heterocycles. The quantitative estimate of drug-likeness (QED) is 0.709. The van der Waals surface area contributed by atoms with Gasteiger partial charge >= 0.3 is 12.2 Å². The number of ether oxygens (including phenoxy) is 2. The Morgan fingerprint density at radius 3 is 2.00 bits per heavy atom. The first-order valence-electron chi connectivity index (χ1n) is 11.4. The zero-order chi connectivity index (χ0) is 23.1. The summed E-state index contributed by atoms with van der Waals surface area (Å²) in [6.07, 6.45) is 1.47. The first-order chi connectivity index (χ1) is 15.2. The lowest BCUT2D eigenvalue weighted by Crippen LogP contribution is -2.51. The summed E-state index contributed by atoms with van der Waals surface area (Å²) < 4.78 is 10.8. The van der Waals surface area contributed by atoms with E-state index in [9.17, 15) is 14.4 Å². The highest BCUT2D eigenvalue weighted by Crippen LogP contribution is 2.23. The van der Waals surface area contributed by atoms with Crippen molar-refractivity contribution >= 4 is 18.1 Å². The van der Waals surface area contributed by atoms with Gasteiger partial charge < -0.3 is 24.2 Å². The van der Waals surface area contributed by atoms with Crippen LogP contribution in [0.25, 0.3) is 0 Å². The molecule has 0 saturated carbocycles. The standard InChI is InChI=1S/C24H35N3O5/c1-24(2,3)32-23(30)26-11-9-19(10-12-26)17-21(28)25-13-15-27(16-14-25)22(29)31-18-20-7-5-4-6-8-20/h4-8,19H,9-18H2,1-3H3. The second kappa shape index (κ2) is 10.7. The molecule has 0 unspecified atom stereocenters. The van der Waals surface area contributed by atoms with E-state index in [1.807, 2.05) is 56.0 Å². The van der Waals surface area contributed by atoms with Crippen molar-refractivity contribution in [2.75, 3.05) is 39.3 Å². The van der Waals surface area contributed by atoms with E-state index in [0.29, 0.717) is 45.7 Å². The van der Waals surface area contributed by atoms with Gasteiger partial charge in [0.25, 0.3) is 0 Å². The topological polar surface area (TPSA) is 79.4 Å². The van der Waals surface area contributed by atoms with Crippen molar-refractivity contribution in [1.82, 2.24) is 14.7 Å². The van der Waals surface area contributed by atoms with Crippen LogP contribution >= 0.6 is 0 Å². The van der Waals surface area contributed by atoms with E-state index in [2.05, 4.69) is 0 Å². The fraction of sp³-hybridized carbons (Fsp3) is 0.625. The molecule has 3 rings (SSSR count). The average molecular weight is 446 g/mol. The van der Waals surface area contributed by atoms with Crippen LogP contribution in [-0.2, 0) is 20.9 Å². The van der Waals surface area contributed by atoms with Crippen molar-refractivity contribution in [3.63, 3.8) is 0 Å². The van der Waals surface area contributed by atoms with Crippen LogP contribution in [-0.4, -0.2) is 77.7 Å². The fourth-order valence-electron chi connectivity index (χ4n) is 3.97. The normalized spacial score (nSPS) is 17.8. The molecule has 2 heterocycles. The molecule has 0 radical (unpaired) electrons. The number of piperazine rings is 1. The monoisotopic (exact) mass is 445 g/mol. The highest BCUT2D eigenvalue weighted by molar-refractivity contribution is 5.77. The minimum absolute atomic E-state index is 0.123. The number of carbonyl (C=O) groups excluding carboxylic acids is 3. The summed E-state index contributed by atoms with van der Waals surface area (Å²) in [5, 5.41) is 0. The van der Waals surface area contributed by atoms with Crippen LogP contribution in [0.4, 0.5) is 9.59 Å². The van der Waals surface area contributed by atoms with Crippen LogP contribution in [0.5, 0.6) is 0 Å². The number of hydrogen-bond donors (Lipinski definition) is 0. The number of likely N-dealkylation sites (tertiary alicyclic amines) is 1. The third-order valence-electron chi connectivity index (χ3n) is 5.83. The van der Waals surface area contributed by atoms with E-state index in [4.69, 9.17) is 9.47 Å². The van der Waals surface area contributed by atoms with Gasteiger partial charge in [0.2, 0.25) is 5.91 Å². The highest BCUT2D eigenvalue weighted by atomic mass is 16.6. The third kappa shape index (κ3) is 7.14. The van der Waals surface area contributed by atoms with E-state index in [0.717, 1.165) is 18.4 Å². The van der Waals surface area contributed by atoms with Gasteiger partial charge in [0.05, 0.1) is 0 Å². The minimum Gasteiger partial charge on any atom is -0.445 e. The van der Waals surface area contributed by atoms with Gasteiger partial charge in [-0.25, -0.2) is 9.59 Å². The Hall–Kier alpha value is -2.77. The molecule has 3 amide bonds. The molecule has 0 N–H and O–H groups in total. The molecule has 2 aliphatic rings. The van der Waals surface area contributed by atoms with Gasteiger partial charge in [0.15, 0.2) is 0 Å². The van der Waals surface area contributed by atoms with Crippen LogP contribution in [0.1, 0.15) is 45.6 Å². The second-order valence-electron chi connectivity index (χ2n) is 9.52. The summed E-state index contributed by atoms with van der Waals surface area (Å²) in [6, 6.07) is 9.58. The number of nitrogens with zero attached hydrogens (tertiary/aromatic N) is 3. The van der Waals surface area contributed by atoms with Crippen LogP contribution in [0.3, 0.4) is 0 Å². The molecule has 2 saturated heterocycles. The van der Waals surface area contributed by atoms with Gasteiger partial charge in [0, 0.05) is 45.7 Å². The summed E-state index contributed by atoms with van der Waals surface area (Å²) in [5.74, 6) is 0.396. The largest absolute Gasteiger partial charge is 0.445 e. The molecule has 176 valence electrons. The van der Waals surface area contributed by atoms with Crippen molar-refractivity contribution in [2.24, 2.45) is 5.92 Å². The molecular weight excluding hydrogens is 410 g/mol. The summed E-state index contributed by atoms with van der Waals surface area (Å²) in [7, 11) is 0. The third-order valence-corrected chi connectivity index (χ3v) is 5.83. The van der Waals surface area contributed by atoms with Crippen LogP contribution < -0.4 is 0 Å². The number of piperidine rings is 1. The number of amides is 3. The van der Waals surface area contributed by atoms with Crippen molar-refractivity contribution in [3.8, 4) is 0 Å². The van der Waals surface area contributed by atoms with E-state index in [1.54, 1.807) is 9.80 Å². The molecule has 0 bridgehead atoms. The summed E-state index contributed by atoms with van der Waals surface area (Å²) in [6.45, 7) is 9.08. The summed E-state index contributed by atoms with van der Waals surface area (Å²) >= 11 is 0. The lowest BCUT2D eigenvalue weighted by Gasteiger charge is -2.36. The minimum atomic E-state index is -0.500. The Balaban J connectivity index is 1.35. The van der Waals surface area contributed by atoms with Crippen LogP contribution in [0.2, 0.25) is 0 Å². The summed E-state index contributed by atoms with van der Waals surface area (Å²) in [4.78, 5) is 42.4. The number of hydrogen-bond acceptors (Lipinski definition) is 5. The highest BCUT2D eigenvalue weighted by Gasteiger charge is 2.30. The smallest absolute Gasteiger partial charge is 0.410 e. The molecule has 1 aromatic carbocycles.